The average Bonchev–Trinajstić information content (AvgIpc) is 3.05. The molecule has 32 heavy (non-hydrogen) atoms. The van der Waals surface area contributed by atoms with E-state index in [1.807, 2.05) is 0 Å². The van der Waals surface area contributed by atoms with Crippen molar-refractivity contribution in [2.75, 3.05) is 0 Å². The fourth-order valence-corrected chi connectivity index (χ4v) is 8.51. The van der Waals surface area contributed by atoms with Crippen molar-refractivity contribution >= 4 is 44.8 Å². The molecule has 2 heteroatoms. The lowest BCUT2D eigenvalue weighted by Gasteiger charge is -2.34. The molecule has 0 saturated carbocycles. The van der Waals surface area contributed by atoms with Crippen molar-refractivity contribution in [1.29, 1.82) is 0 Å². The van der Waals surface area contributed by atoms with Crippen molar-refractivity contribution < 1.29 is 17.8 Å². The summed E-state index contributed by atoms with van der Waals surface area (Å²) in [6.07, 6.45) is 0. The van der Waals surface area contributed by atoms with E-state index in [9.17, 15) is 4.11 Å². The molecule has 0 aliphatic rings. The van der Waals surface area contributed by atoms with Gasteiger partial charge in [-0.1, -0.05) is 143 Å². The van der Waals surface area contributed by atoms with E-state index in [1.54, 1.807) is 60.7 Å². The molecule has 5 rings (SSSR count). The normalized spacial score (nSPS) is 17.0. The first-order valence-corrected chi connectivity index (χ1v) is 12.6. The van der Waals surface area contributed by atoms with Gasteiger partial charge >= 0.3 is 0 Å². The Kier molecular flexibility index (Phi) is 3.02. The van der Waals surface area contributed by atoms with Crippen molar-refractivity contribution in [3.8, 4) is 11.1 Å². The molecule has 0 N–H and O–H groups in total. The Morgan fingerprint density at radius 3 is 1.66 bits per heavy atom. The third-order valence-electron chi connectivity index (χ3n) is 5.13. The van der Waals surface area contributed by atoms with Gasteiger partial charge < -0.3 is 0 Å². The molecular weight excluding hydrogens is 468 g/mol. The van der Waals surface area contributed by atoms with Gasteiger partial charge in [0.05, 0.1) is 17.8 Å². The Labute approximate surface area is 217 Å². The van der Waals surface area contributed by atoms with E-state index in [4.69, 9.17) is 13.7 Å². The van der Waals surface area contributed by atoms with Crippen molar-refractivity contribution in [3.63, 3.8) is 0 Å². The topological polar surface area (TPSA) is 0 Å². The SMILES string of the molecule is [2H]c1c([2H])c([2H])c(-c2c([2H])c([2H])c([2H])c([Si](c3ccccc3)(c3ccccc3)c3c([2H])c([2H])c([2H])c(Br)c3[2H])c2[2H])c([2H])c1[2H]. The van der Waals surface area contributed by atoms with Crippen LogP contribution in [0.25, 0.3) is 11.1 Å². The molecule has 0 aromatic heterocycles. The lowest BCUT2D eigenvalue weighted by molar-refractivity contribution is 1.62. The van der Waals surface area contributed by atoms with Crippen molar-refractivity contribution in [1.82, 2.24) is 0 Å². The average molecular weight is 505 g/mol. The van der Waals surface area contributed by atoms with Gasteiger partial charge in [-0.15, -0.1) is 0 Å². The van der Waals surface area contributed by atoms with Crippen LogP contribution in [-0.4, -0.2) is 8.07 Å². The minimum Gasteiger partial charge on any atom is -0.0623 e. The van der Waals surface area contributed by atoms with Crippen LogP contribution in [0.2, 0.25) is 0 Å². The molecule has 5 aromatic carbocycles. The monoisotopic (exact) mass is 503 g/mol. The van der Waals surface area contributed by atoms with Crippen molar-refractivity contribution in [3.05, 3.63) is 144 Å². The Balaban J connectivity index is 2.15. The predicted octanol–water partition coefficient (Wildman–Crippen LogP) is 5.49. The highest BCUT2D eigenvalue weighted by atomic mass is 79.9. The van der Waals surface area contributed by atoms with E-state index >= 15 is 0 Å². The molecule has 0 saturated heterocycles. The zero-order valence-electron chi connectivity index (χ0n) is 29.7. The summed E-state index contributed by atoms with van der Waals surface area (Å²) in [6, 6.07) is 9.49. The highest BCUT2D eigenvalue weighted by Crippen LogP contribution is 2.20. The smallest absolute Gasteiger partial charge is 0.0623 e. The van der Waals surface area contributed by atoms with Crippen molar-refractivity contribution in [2.24, 2.45) is 0 Å². The summed E-state index contributed by atoms with van der Waals surface area (Å²) in [6.45, 7) is 0. The van der Waals surface area contributed by atoms with Crippen LogP contribution >= 0.6 is 15.9 Å². The Morgan fingerprint density at radius 2 is 1.03 bits per heavy atom. The standard InChI is InChI=1S/C30H23BrSi/c31-26-15-11-21-30(23-26)32(27-16-6-2-7-17-27,28-18-8-3-9-19-28)29-20-10-14-25(22-29)24-12-4-1-5-13-24/h1-23H/i1D,4D,5D,10D,11D,12D,13D,14D,15D,20D,21D,22D,23D. The molecule has 0 amide bonds. The van der Waals surface area contributed by atoms with Crippen LogP contribution in [0.4, 0.5) is 0 Å². The van der Waals surface area contributed by atoms with Gasteiger partial charge in [0, 0.05) is 4.47 Å². The Bertz CT molecular complexity index is 1900. The van der Waals surface area contributed by atoms with Crippen molar-refractivity contribution in [2.45, 2.75) is 0 Å². The molecule has 0 nitrogen and oxygen atoms in total. The van der Waals surface area contributed by atoms with E-state index in [2.05, 4.69) is 15.9 Å². The molecule has 0 atom stereocenters. The van der Waals surface area contributed by atoms with Gasteiger partial charge in [0.25, 0.3) is 0 Å². The second-order valence-electron chi connectivity index (χ2n) is 6.92. The minimum atomic E-state index is -4.30. The zero-order chi connectivity index (χ0) is 33.1. The summed E-state index contributed by atoms with van der Waals surface area (Å²) in [5, 5.41) is 0.731. The highest BCUT2D eigenvalue weighted by Gasteiger charge is 2.41. The van der Waals surface area contributed by atoms with E-state index in [-0.39, 0.29) is 20.9 Å². The maximum atomic E-state index is 9.60. The van der Waals surface area contributed by atoms with Crippen LogP contribution in [0, 0.1) is 0 Å². The van der Waals surface area contributed by atoms with Gasteiger partial charge in [-0.05, 0) is 44.0 Å². The van der Waals surface area contributed by atoms with Crippen LogP contribution in [0.15, 0.2) is 144 Å². The second kappa shape index (κ2) is 9.11. The van der Waals surface area contributed by atoms with Gasteiger partial charge in [0.1, 0.15) is 0 Å². The quantitative estimate of drug-likeness (QED) is 0.219. The summed E-state index contributed by atoms with van der Waals surface area (Å²) < 4.78 is 114. The molecule has 0 unspecified atom stereocenters. The lowest BCUT2D eigenvalue weighted by Crippen LogP contribution is -2.74. The summed E-state index contributed by atoms with van der Waals surface area (Å²) in [7, 11) is -4.30. The molecule has 0 bridgehead atoms. The zero-order valence-corrected chi connectivity index (χ0v) is 19.2. The first-order valence-electron chi connectivity index (χ1n) is 16.3. The molecule has 0 aliphatic heterocycles. The molecular formula is C30H23BrSi. The van der Waals surface area contributed by atoms with E-state index in [0.29, 0.717) is 10.4 Å². The maximum Gasteiger partial charge on any atom is 0.179 e. The number of rotatable bonds is 5. The Hall–Kier alpha value is -3.20. The second-order valence-corrected chi connectivity index (χ2v) is 11.4. The largest absolute Gasteiger partial charge is 0.179 e. The molecule has 0 fully saturated rings. The number of hydrogen-bond acceptors (Lipinski definition) is 0. The van der Waals surface area contributed by atoms with E-state index in [0.717, 1.165) is 0 Å². The Morgan fingerprint density at radius 1 is 0.500 bits per heavy atom. The fraction of sp³-hybridized carbons (Fsp3) is 0. The van der Waals surface area contributed by atoms with Crippen LogP contribution in [0.1, 0.15) is 17.8 Å². The van der Waals surface area contributed by atoms with E-state index < -0.39 is 91.7 Å². The van der Waals surface area contributed by atoms with E-state index in [1.165, 1.54) is 0 Å². The summed E-state index contributed by atoms with van der Waals surface area (Å²) in [5.41, 5.74) is -0.928. The van der Waals surface area contributed by atoms with Gasteiger partial charge in [0.15, 0.2) is 8.07 Å². The lowest BCUT2D eigenvalue weighted by atomic mass is 10.1. The van der Waals surface area contributed by atoms with Crippen LogP contribution < -0.4 is 20.7 Å². The minimum absolute atomic E-state index is 0.0427. The first kappa shape index (κ1) is 10.6. The third kappa shape index (κ3) is 3.77. The molecule has 0 spiro atoms. The number of benzene rings is 5. The highest BCUT2D eigenvalue weighted by molar-refractivity contribution is 9.10. The predicted molar refractivity (Wildman–Crippen MR) is 143 cm³/mol. The summed E-state index contributed by atoms with van der Waals surface area (Å²) in [5.74, 6) is 0. The molecule has 0 heterocycles. The van der Waals surface area contributed by atoms with Crippen LogP contribution in [-0.2, 0) is 0 Å². The third-order valence-corrected chi connectivity index (χ3v) is 9.93. The van der Waals surface area contributed by atoms with Gasteiger partial charge in [-0.2, -0.15) is 0 Å². The van der Waals surface area contributed by atoms with Gasteiger partial charge in [-0.3, -0.25) is 0 Å². The fourth-order valence-electron chi connectivity index (χ4n) is 3.78. The summed E-state index contributed by atoms with van der Waals surface area (Å²) in [4.78, 5) is 0. The molecule has 0 radical (unpaired) electrons. The van der Waals surface area contributed by atoms with Crippen LogP contribution in [0.5, 0.6) is 0 Å². The number of halogens is 1. The molecule has 0 aliphatic carbocycles. The molecule has 5 aromatic rings. The van der Waals surface area contributed by atoms with Gasteiger partial charge in [0.2, 0.25) is 0 Å². The number of hydrogen-bond donors (Lipinski definition) is 0. The van der Waals surface area contributed by atoms with Gasteiger partial charge in [-0.25, -0.2) is 0 Å². The van der Waals surface area contributed by atoms with Crippen LogP contribution in [0.3, 0.4) is 0 Å². The summed E-state index contributed by atoms with van der Waals surface area (Å²) >= 11 is 3.26. The maximum absolute atomic E-state index is 9.60. The molecule has 154 valence electrons. The first-order chi connectivity index (χ1) is 21.2.